The van der Waals surface area contributed by atoms with E-state index >= 15 is 0 Å². The minimum Gasteiger partial charge on any atom is -0.487 e. The maximum Gasteiger partial charge on any atom is 0.267 e. The molecule has 2 unspecified atom stereocenters. The van der Waals surface area contributed by atoms with Gasteiger partial charge in [-0.3, -0.25) is 4.90 Å². The smallest absolute Gasteiger partial charge is 0.267 e. The molecule has 3 aromatic carbocycles. The third-order valence-corrected chi connectivity index (χ3v) is 10.0. The fourth-order valence-corrected chi connectivity index (χ4v) is 7.16. The van der Waals surface area contributed by atoms with E-state index in [1.807, 2.05) is 12.1 Å². The lowest BCUT2D eigenvalue weighted by Gasteiger charge is -2.32. The van der Waals surface area contributed by atoms with Crippen LogP contribution in [0.2, 0.25) is 0 Å². The van der Waals surface area contributed by atoms with Gasteiger partial charge in [-0.05, 0) is 61.9 Å². The molecule has 4 aromatic rings. The number of hydrogen-bond donors (Lipinski definition) is 2. The third kappa shape index (κ3) is 6.30. The highest BCUT2D eigenvalue weighted by molar-refractivity contribution is 7.90. The lowest BCUT2D eigenvalue weighted by atomic mass is 9.95. The molecule has 220 valence electrons. The summed E-state index contributed by atoms with van der Waals surface area (Å²) >= 11 is 0. The molecule has 2 saturated heterocycles. The van der Waals surface area contributed by atoms with Crippen LogP contribution in [0.25, 0.3) is 0 Å². The molecule has 2 aliphatic heterocycles. The van der Waals surface area contributed by atoms with Crippen molar-refractivity contribution in [3.8, 4) is 5.75 Å². The summed E-state index contributed by atoms with van der Waals surface area (Å²) in [6.45, 7) is 7.68. The molecule has 42 heavy (non-hydrogen) atoms. The van der Waals surface area contributed by atoms with Crippen molar-refractivity contribution in [2.45, 2.75) is 43.5 Å². The Bertz CT molecular complexity index is 1600. The Morgan fingerprint density at radius 1 is 0.857 bits per heavy atom. The van der Waals surface area contributed by atoms with Crippen molar-refractivity contribution in [1.82, 2.24) is 24.6 Å². The van der Waals surface area contributed by atoms with Crippen LogP contribution in [0.3, 0.4) is 0 Å². The minimum absolute atomic E-state index is 0.0507. The topological polar surface area (TPSA) is 78.8 Å². The predicted molar refractivity (Wildman–Crippen MR) is 165 cm³/mol. The van der Waals surface area contributed by atoms with Gasteiger partial charge < -0.3 is 9.64 Å². The molecule has 0 bridgehead atoms. The molecule has 2 fully saturated rings. The quantitative estimate of drug-likeness (QED) is 0.296. The van der Waals surface area contributed by atoms with E-state index < -0.39 is 10.0 Å². The van der Waals surface area contributed by atoms with E-state index in [-0.39, 0.29) is 23.6 Å². The number of hydrazine groups is 1. The summed E-state index contributed by atoms with van der Waals surface area (Å²) in [6, 6.07) is 27.3. The summed E-state index contributed by atoms with van der Waals surface area (Å²) < 4.78 is 34.1. The zero-order chi connectivity index (χ0) is 29.1. The van der Waals surface area contributed by atoms with Gasteiger partial charge in [-0.1, -0.05) is 60.2 Å². The zero-order valence-electron chi connectivity index (χ0n) is 24.2. The van der Waals surface area contributed by atoms with E-state index in [0.29, 0.717) is 5.69 Å². The number of rotatable bonds is 9. The average molecular weight is 586 g/mol. The Balaban J connectivity index is 1.12. The Kier molecular flexibility index (Phi) is 8.46. The molecule has 8 nitrogen and oxygen atoms in total. The van der Waals surface area contributed by atoms with Gasteiger partial charge in [0.25, 0.3) is 10.0 Å². The fourth-order valence-electron chi connectivity index (χ4n) is 5.78. The summed E-state index contributed by atoms with van der Waals surface area (Å²) in [5.74, 6) is 0.743. The average Bonchev–Trinajstić information content (AvgIpc) is 3.69. The molecule has 0 saturated carbocycles. The summed E-state index contributed by atoms with van der Waals surface area (Å²) in [6.07, 6.45) is 2.44. The van der Waals surface area contributed by atoms with Crippen molar-refractivity contribution in [3.63, 3.8) is 0 Å². The van der Waals surface area contributed by atoms with Crippen molar-refractivity contribution >= 4 is 10.0 Å². The zero-order valence-corrected chi connectivity index (χ0v) is 25.1. The van der Waals surface area contributed by atoms with E-state index in [9.17, 15) is 8.42 Å². The fraction of sp³-hybridized carbons (Fsp3) is 0.333. The van der Waals surface area contributed by atoms with Crippen LogP contribution in [0, 0.1) is 6.92 Å². The summed E-state index contributed by atoms with van der Waals surface area (Å²) in [5, 5.41) is 0. The summed E-state index contributed by atoms with van der Waals surface area (Å²) in [5.41, 5.74) is 12.3. The number of ether oxygens (including phenoxy) is 1. The van der Waals surface area contributed by atoms with Crippen molar-refractivity contribution in [2.24, 2.45) is 0 Å². The lowest BCUT2D eigenvalue weighted by molar-refractivity contribution is 0.148. The van der Waals surface area contributed by atoms with E-state index in [2.05, 4.69) is 65.0 Å². The lowest BCUT2D eigenvalue weighted by Crippen LogP contribution is -2.43. The number of nitrogens with one attached hydrogen (secondary N) is 2. The number of benzene rings is 3. The maximum absolute atomic E-state index is 13.2. The molecule has 3 heterocycles. The normalized spacial score (nSPS) is 20.1. The maximum atomic E-state index is 13.2. The van der Waals surface area contributed by atoms with E-state index in [4.69, 9.17) is 4.74 Å². The number of nitrogens with zero attached hydrogens (tertiary/aromatic N) is 3. The van der Waals surface area contributed by atoms with E-state index in [1.165, 1.54) is 15.1 Å². The van der Waals surface area contributed by atoms with Gasteiger partial charge in [-0.15, -0.1) is 0 Å². The first-order chi connectivity index (χ1) is 20.4. The van der Waals surface area contributed by atoms with E-state index in [1.54, 1.807) is 48.7 Å². The Morgan fingerprint density at radius 2 is 1.60 bits per heavy atom. The van der Waals surface area contributed by atoms with Gasteiger partial charge in [0.05, 0.1) is 16.6 Å². The molecule has 0 aliphatic carbocycles. The second-order valence-corrected chi connectivity index (χ2v) is 13.2. The molecule has 6 rings (SSSR count). The van der Waals surface area contributed by atoms with Crippen LogP contribution in [0.4, 0.5) is 0 Å². The van der Waals surface area contributed by atoms with Crippen LogP contribution >= 0.6 is 0 Å². The van der Waals surface area contributed by atoms with Crippen LogP contribution in [0.5, 0.6) is 5.75 Å². The number of aryl methyl sites for hydroxylation is 1. The van der Waals surface area contributed by atoms with Gasteiger partial charge in [0.15, 0.2) is 0 Å². The first kappa shape index (κ1) is 28.6. The highest BCUT2D eigenvalue weighted by Crippen LogP contribution is 2.36. The molecule has 2 aliphatic rings. The molecular weight excluding hydrogens is 546 g/mol. The molecule has 2 N–H and O–H groups in total. The monoisotopic (exact) mass is 585 g/mol. The molecule has 9 heteroatoms. The van der Waals surface area contributed by atoms with Gasteiger partial charge in [0.2, 0.25) is 0 Å². The number of likely N-dealkylation sites (N-methyl/N-ethyl adjacent to an activating group) is 1. The first-order valence-electron chi connectivity index (χ1n) is 14.6. The highest BCUT2D eigenvalue weighted by Gasteiger charge is 2.29. The number of aromatic nitrogens is 1. The second kappa shape index (κ2) is 12.4. The molecule has 1 aromatic heterocycles. The van der Waals surface area contributed by atoms with Crippen LogP contribution in [0.1, 0.15) is 46.5 Å². The molecule has 0 amide bonds. The van der Waals surface area contributed by atoms with Gasteiger partial charge in [-0.25, -0.2) is 23.2 Å². The number of piperazine rings is 1. The minimum atomic E-state index is -3.71. The predicted octanol–water partition coefficient (Wildman–Crippen LogP) is 4.64. The summed E-state index contributed by atoms with van der Waals surface area (Å²) in [4.78, 5) is 5.15. The van der Waals surface area contributed by atoms with Crippen LogP contribution in [-0.4, -0.2) is 55.4 Å². The second-order valence-electron chi connectivity index (χ2n) is 11.4. The van der Waals surface area contributed by atoms with Crippen molar-refractivity contribution < 1.29 is 13.2 Å². The molecule has 0 radical (unpaired) electrons. The molecular formula is C33H39N5O3S. The van der Waals surface area contributed by atoms with Gasteiger partial charge in [-0.2, -0.15) is 0 Å². The third-order valence-electron chi connectivity index (χ3n) is 8.30. The van der Waals surface area contributed by atoms with Gasteiger partial charge in [0, 0.05) is 50.5 Å². The van der Waals surface area contributed by atoms with Crippen molar-refractivity contribution in [3.05, 3.63) is 119 Å². The van der Waals surface area contributed by atoms with Crippen LogP contribution in [-0.2, 0) is 23.2 Å². The SMILES string of the molecule is Cc1ccc(OCc2cccn2S(=O)(=O)c2ccccc2)c(C2CC(c3ccc(CN4CCN(C)CC4)cc3)NN2)c1. The van der Waals surface area contributed by atoms with Gasteiger partial charge in [0.1, 0.15) is 12.4 Å². The number of hydrogen-bond acceptors (Lipinski definition) is 7. The largest absolute Gasteiger partial charge is 0.487 e. The van der Waals surface area contributed by atoms with Crippen molar-refractivity contribution in [1.29, 1.82) is 0 Å². The Labute approximate surface area is 248 Å². The standard InChI is InChI=1S/C33H39N5O3S/c1-25-10-15-33(41-24-28-7-6-16-38(28)42(39,40)29-8-4-3-5-9-29)30(21-25)32-22-31(34-35-32)27-13-11-26(12-14-27)23-37-19-17-36(2)18-20-37/h3-16,21,31-32,34-35H,17-20,22-24H2,1-2H3. The van der Waals surface area contributed by atoms with Crippen molar-refractivity contribution in [2.75, 3.05) is 33.2 Å². The summed E-state index contributed by atoms with van der Waals surface area (Å²) in [7, 11) is -1.52. The van der Waals surface area contributed by atoms with Gasteiger partial charge >= 0.3 is 0 Å². The van der Waals surface area contributed by atoms with Crippen LogP contribution in [0.15, 0.2) is 96.0 Å². The highest BCUT2D eigenvalue weighted by atomic mass is 32.2. The molecule has 0 spiro atoms. The van der Waals surface area contributed by atoms with E-state index in [0.717, 1.165) is 56.0 Å². The van der Waals surface area contributed by atoms with Crippen LogP contribution < -0.4 is 15.6 Å². The Hall–Kier alpha value is -3.47. The molecule has 2 atom stereocenters. The Morgan fingerprint density at radius 3 is 2.36 bits per heavy atom. The first-order valence-corrected chi connectivity index (χ1v) is 16.0.